The van der Waals surface area contributed by atoms with Gasteiger partial charge in [-0.25, -0.2) is 0 Å². The van der Waals surface area contributed by atoms with Gasteiger partial charge in [0.05, 0.1) is 0 Å². The Labute approximate surface area is 171 Å². The second-order valence-electron chi connectivity index (χ2n) is 9.17. The van der Waals surface area contributed by atoms with E-state index in [1.165, 1.54) is 0 Å². The molecule has 3 aliphatic heterocycles. The van der Waals surface area contributed by atoms with Gasteiger partial charge in [-0.15, -0.1) is 0 Å². The van der Waals surface area contributed by atoms with Gasteiger partial charge in [-0.05, 0) is 42.3 Å². The highest BCUT2D eigenvalue weighted by Gasteiger charge is 2.41. The lowest BCUT2D eigenvalue weighted by atomic mass is 9.76. The molecule has 0 spiro atoms. The molecular weight excluding hydrogens is 368 g/mol. The number of amides is 3. The van der Waals surface area contributed by atoms with Crippen molar-refractivity contribution in [1.29, 1.82) is 0 Å². The summed E-state index contributed by atoms with van der Waals surface area (Å²) in [5.41, 5.74) is 8.94. The summed E-state index contributed by atoms with van der Waals surface area (Å²) >= 11 is 0. The van der Waals surface area contributed by atoms with Crippen molar-refractivity contribution >= 4 is 17.7 Å². The number of benzene rings is 1. The number of nitrogens with zero attached hydrogens (tertiary/aromatic N) is 2. The minimum absolute atomic E-state index is 0.106. The van der Waals surface area contributed by atoms with E-state index in [1.54, 1.807) is 4.90 Å². The Balaban J connectivity index is 1.58. The number of piperidine rings is 2. The summed E-state index contributed by atoms with van der Waals surface area (Å²) in [6.45, 7) is 7.20. The largest absolute Gasteiger partial charge is 0.329 e. The number of carbonyl (C=O) groups is 3. The quantitative estimate of drug-likeness (QED) is 0.748. The van der Waals surface area contributed by atoms with E-state index in [0.29, 0.717) is 26.1 Å². The zero-order chi connectivity index (χ0) is 20.8. The molecule has 2 saturated heterocycles. The Morgan fingerprint density at radius 2 is 2.03 bits per heavy atom. The lowest BCUT2D eigenvalue weighted by Crippen LogP contribution is -2.53. The van der Waals surface area contributed by atoms with Crippen LogP contribution >= 0.6 is 0 Å². The monoisotopic (exact) mass is 398 g/mol. The van der Waals surface area contributed by atoms with Crippen molar-refractivity contribution in [2.45, 2.75) is 64.7 Å². The molecule has 0 aliphatic carbocycles. The van der Waals surface area contributed by atoms with E-state index in [4.69, 9.17) is 5.73 Å². The number of rotatable bonds is 4. The molecule has 2 fully saturated rings. The Kier molecular flexibility index (Phi) is 5.21. The van der Waals surface area contributed by atoms with Gasteiger partial charge in [-0.1, -0.05) is 32.0 Å². The maximum atomic E-state index is 13.3. The predicted molar refractivity (Wildman–Crippen MR) is 109 cm³/mol. The number of nitrogens with two attached hydrogens (primary N) is 1. The number of nitrogens with one attached hydrogen (secondary N) is 1. The van der Waals surface area contributed by atoms with Crippen LogP contribution in [0.25, 0.3) is 0 Å². The third-order valence-electron chi connectivity index (χ3n) is 6.84. The number of likely N-dealkylation sites (tertiary alicyclic amines) is 1. The molecule has 2 atom stereocenters. The van der Waals surface area contributed by atoms with Gasteiger partial charge in [0.1, 0.15) is 6.04 Å². The number of hydrogen-bond acceptors (Lipinski definition) is 5. The van der Waals surface area contributed by atoms with Gasteiger partial charge in [0.2, 0.25) is 11.8 Å². The number of carbonyl (C=O) groups excluding carboxylic acids is 3. The van der Waals surface area contributed by atoms with Crippen molar-refractivity contribution in [2.24, 2.45) is 11.1 Å². The molecule has 2 unspecified atom stereocenters. The molecule has 3 N–H and O–H groups in total. The molecule has 4 rings (SSSR count). The van der Waals surface area contributed by atoms with Crippen LogP contribution in [0, 0.1) is 5.41 Å². The summed E-state index contributed by atoms with van der Waals surface area (Å²) in [7, 11) is 0. The third-order valence-corrected chi connectivity index (χ3v) is 6.84. The van der Waals surface area contributed by atoms with Gasteiger partial charge in [0, 0.05) is 37.7 Å². The highest BCUT2D eigenvalue weighted by Crippen LogP contribution is 2.37. The average molecular weight is 399 g/mol. The molecule has 3 amide bonds. The van der Waals surface area contributed by atoms with Crippen LogP contribution < -0.4 is 11.1 Å². The van der Waals surface area contributed by atoms with E-state index < -0.39 is 6.04 Å². The van der Waals surface area contributed by atoms with Crippen LogP contribution in [0.3, 0.4) is 0 Å². The molecule has 7 heteroatoms. The topological polar surface area (TPSA) is 95.7 Å². The second-order valence-corrected chi connectivity index (χ2v) is 9.17. The molecule has 1 aromatic carbocycles. The fraction of sp³-hybridized carbons (Fsp3) is 0.591. The molecule has 3 heterocycles. The summed E-state index contributed by atoms with van der Waals surface area (Å²) in [4.78, 5) is 41.1. The van der Waals surface area contributed by atoms with Crippen molar-refractivity contribution in [3.05, 3.63) is 34.9 Å². The lowest BCUT2D eigenvalue weighted by Gasteiger charge is -2.46. The Hall–Kier alpha value is -2.25. The average Bonchev–Trinajstić information content (AvgIpc) is 2.99. The number of imide groups is 1. The molecule has 1 aromatic rings. The predicted octanol–water partition coefficient (Wildman–Crippen LogP) is 1.40. The highest BCUT2D eigenvalue weighted by molar-refractivity contribution is 6.05. The molecule has 0 radical (unpaired) electrons. The first-order valence-electron chi connectivity index (χ1n) is 10.5. The van der Waals surface area contributed by atoms with E-state index >= 15 is 0 Å². The highest BCUT2D eigenvalue weighted by atomic mass is 16.2. The summed E-state index contributed by atoms with van der Waals surface area (Å²) in [5, 5.41) is 2.36. The van der Waals surface area contributed by atoms with Crippen molar-refractivity contribution in [2.75, 3.05) is 13.1 Å². The van der Waals surface area contributed by atoms with Gasteiger partial charge in [-0.3, -0.25) is 24.6 Å². The van der Waals surface area contributed by atoms with E-state index in [9.17, 15) is 14.4 Å². The normalized spacial score (nSPS) is 27.1. The minimum Gasteiger partial charge on any atom is -0.329 e. The molecule has 0 aromatic heterocycles. The van der Waals surface area contributed by atoms with E-state index in [-0.39, 0.29) is 35.6 Å². The Bertz CT molecular complexity index is 850. The molecular formula is C22H30N4O3. The smallest absolute Gasteiger partial charge is 0.255 e. The molecule has 7 nitrogen and oxygen atoms in total. The minimum atomic E-state index is -0.578. The summed E-state index contributed by atoms with van der Waals surface area (Å²) in [6, 6.07) is 5.66. The Morgan fingerprint density at radius 3 is 2.76 bits per heavy atom. The zero-order valence-electron chi connectivity index (χ0n) is 17.2. The zero-order valence-corrected chi connectivity index (χ0v) is 17.2. The maximum absolute atomic E-state index is 13.3. The molecule has 156 valence electrons. The van der Waals surface area contributed by atoms with Crippen molar-refractivity contribution in [1.82, 2.24) is 15.1 Å². The van der Waals surface area contributed by atoms with Crippen molar-refractivity contribution in [3.63, 3.8) is 0 Å². The summed E-state index contributed by atoms with van der Waals surface area (Å²) in [6.07, 6.45) is 2.93. The van der Waals surface area contributed by atoms with Crippen LogP contribution in [0.2, 0.25) is 0 Å². The summed E-state index contributed by atoms with van der Waals surface area (Å²) in [5.74, 6) is -0.743. The SMILES string of the molecule is CC1(C)CCCN(Cc2cccc3c2C(=O)N(C2CCC(=O)NC2=O)C3)C1CN. The maximum Gasteiger partial charge on any atom is 0.255 e. The van der Waals surface area contributed by atoms with Crippen LogP contribution in [0.4, 0.5) is 0 Å². The molecule has 29 heavy (non-hydrogen) atoms. The molecule has 0 saturated carbocycles. The third kappa shape index (κ3) is 3.57. The van der Waals surface area contributed by atoms with Crippen molar-refractivity contribution < 1.29 is 14.4 Å². The van der Waals surface area contributed by atoms with Gasteiger partial charge >= 0.3 is 0 Å². The fourth-order valence-corrected chi connectivity index (χ4v) is 5.25. The van der Waals surface area contributed by atoms with Crippen molar-refractivity contribution in [3.8, 4) is 0 Å². The number of fused-ring (bicyclic) bond motifs is 1. The first-order chi connectivity index (χ1) is 13.8. The first-order valence-corrected chi connectivity index (χ1v) is 10.5. The van der Waals surface area contributed by atoms with E-state index in [1.807, 2.05) is 18.2 Å². The lowest BCUT2D eigenvalue weighted by molar-refractivity contribution is -0.136. The summed E-state index contributed by atoms with van der Waals surface area (Å²) < 4.78 is 0. The van der Waals surface area contributed by atoms with Crippen LogP contribution in [-0.4, -0.2) is 52.7 Å². The van der Waals surface area contributed by atoms with Gasteiger partial charge in [0.15, 0.2) is 0 Å². The van der Waals surface area contributed by atoms with Gasteiger partial charge < -0.3 is 10.6 Å². The van der Waals surface area contributed by atoms with Gasteiger partial charge in [-0.2, -0.15) is 0 Å². The molecule has 3 aliphatic rings. The van der Waals surface area contributed by atoms with E-state index in [0.717, 1.165) is 36.1 Å². The van der Waals surface area contributed by atoms with Crippen LogP contribution in [0.15, 0.2) is 18.2 Å². The first kappa shape index (κ1) is 20.0. The second kappa shape index (κ2) is 7.54. The van der Waals surface area contributed by atoms with Gasteiger partial charge in [0.25, 0.3) is 5.91 Å². The van der Waals surface area contributed by atoms with Crippen LogP contribution in [-0.2, 0) is 22.7 Å². The van der Waals surface area contributed by atoms with Crippen LogP contribution in [0.1, 0.15) is 61.0 Å². The molecule has 0 bridgehead atoms. The van der Waals surface area contributed by atoms with Crippen LogP contribution in [0.5, 0.6) is 0 Å². The van der Waals surface area contributed by atoms with E-state index in [2.05, 4.69) is 24.1 Å². The Morgan fingerprint density at radius 1 is 1.24 bits per heavy atom. The fourth-order valence-electron chi connectivity index (χ4n) is 5.25. The standard InChI is InChI=1S/C22H30N4O3/c1-22(2)9-4-10-25(17(22)11-23)12-14-5-3-6-15-13-26(21(29)19(14)15)16-7-8-18(27)24-20(16)28/h3,5-6,16-17H,4,7-13,23H2,1-2H3,(H,24,27,28). The number of hydrogen-bond donors (Lipinski definition) is 2.